The second-order valence-electron chi connectivity index (χ2n) is 7.75. The van der Waals surface area contributed by atoms with Gasteiger partial charge in [0.05, 0.1) is 18.6 Å². The molecule has 0 saturated carbocycles. The number of benzene rings is 2. The molecule has 28 heavy (non-hydrogen) atoms. The molecule has 0 N–H and O–H groups in total. The van der Waals surface area contributed by atoms with Crippen molar-refractivity contribution >= 4 is 5.91 Å². The van der Waals surface area contributed by atoms with Crippen molar-refractivity contribution in [1.29, 1.82) is 0 Å². The van der Waals surface area contributed by atoms with Crippen LogP contribution in [0.2, 0.25) is 0 Å². The smallest absolute Gasteiger partial charge is 0.227 e. The first-order valence-corrected chi connectivity index (χ1v) is 10.1. The zero-order chi connectivity index (χ0) is 19.3. The molecule has 2 aromatic rings. The molecule has 0 aromatic heterocycles. The van der Waals surface area contributed by atoms with Crippen LogP contribution in [0.25, 0.3) is 0 Å². The summed E-state index contributed by atoms with van der Waals surface area (Å²) < 4.78 is 11.5. The van der Waals surface area contributed by atoms with Crippen LogP contribution in [-0.2, 0) is 16.1 Å². The summed E-state index contributed by atoms with van der Waals surface area (Å²) in [7, 11) is 0. The van der Waals surface area contributed by atoms with Gasteiger partial charge in [-0.3, -0.25) is 9.69 Å². The Morgan fingerprint density at radius 3 is 2.71 bits per heavy atom. The summed E-state index contributed by atoms with van der Waals surface area (Å²) in [6.07, 6.45) is 1.08. The third-order valence-electron chi connectivity index (χ3n) is 5.46. The first-order chi connectivity index (χ1) is 13.7. The lowest BCUT2D eigenvalue weighted by atomic mass is 10.1. The quantitative estimate of drug-likeness (QED) is 0.796. The normalized spacial score (nSPS) is 23.0. The van der Waals surface area contributed by atoms with Crippen molar-refractivity contribution in [3.05, 3.63) is 60.2 Å². The standard InChI is InChI=1S/C23H28N2O3/c1-18-15-25(12-13-27-18)23(26)20-10-11-24(17-20)16-19-6-5-9-22(14-19)28-21-7-3-2-4-8-21/h2-9,14,18,20H,10-13,15-17H2,1H3. The van der Waals surface area contributed by atoms with E-state index in [2.05, 4.69) is 17.0 Å². The van der Waals surface area contributed by atoms with E-state index >= 15 is 0 Å². The summed E-state index contributed by atoms with van der Waals surface area (Å²) in [5, 5.41) is 0. The average Bonchev–Trinajstić information content (AvgIpc) is 3.17. The predicted octanol–water partition coefficient (Wildman–Crippen LogP) is 3.55. The maximum Gasteiger partial charge on any atom is 0.227 e. The molecule has 5 nitrogen and oxygen atoms in total. The molecule has 2 atom stereocenters. The van der Waals surface area contributed by atoms with Crippen molar-refractivity contribution in [1.82, 2.24) is 9.80 Å². The van der Waals surface area contributed by atoms with Gasteiger partial charge in [-0.15, -0.1) is 0 Å². The minimum atomic E-state index is 0.106. The zero-order valence-electron chi connectivity index (χ0n) is 16.4. The van der Waals surface area contributed by atoms with Crippen LogP contribution in [0.1, 0.15) is 18.9 Å². The van der Waals surface area contributed by atoms with Gasteiger partial charge in [-0.25, -0.2) is 0 Å². The van der Waals surface area contributed by atoms with E-state index in [4.69, 9.17) is 9.47 Å². The summed E-state index contributed by atoms with van der Waals surface area (Å²) >= 11 is 0. The van der Waals surface area contributed by atoms with E-state index in [1.165, 1.54) is 5.56 Å². The van der Waals surface area contributed by atoms with Crippen molar-refractivity contribution in [2.75, 3.05) is 32.8 Å². The third kappa shape index (κ3) is 4.72. The van der Waals surface area contributed by atoms with Crippen LogP contribution >= 0.6 is 0 Å². The minimum absolute atomic E-state index is 0.106. The molecule has 4 rings (SSSR count). The first kappa shape index (κ1) is 19.0. The SMILES string of the molecule is CC1CN(C(=O)C2CCN(Cc3cccc(Oc4ccccc4)c3)C2)CCO1. The van der Waals surface area contributed by atoms with Crippen molar-refractivity contribution in [2.24, 2.45) is 5.92 Å². The first-order valence-electron chi connectivity index (χ1n) is 10.1. The lowest BCUT2D eigenvalue weighted by molar-refractivity contribution is -0.142. The van der Waals surface area contributed by atoms with E-state index in [9.17, 15) is 4.79 Å². The zero-order valence-corrected chi connectivity index (χ0v) is 16.4. The molecule has 2 aromatic carbocycles. The Labute approximate surface area is 166 Å². The highest BCUT2D eigenvalue weighted by Gasteiger charge is 2.33. The molecule has 2 aliphatic heterocycles. The number of para-hydroxylation sites is 1. The second kappa shape index (κ2) is 8.76. The number of ether oxygens (including phenoxy) is 2. The molecule has 0 bridgehead atoms. The molecular formula is C23H28N2O3. The van der Waals surface area contributed by atoms with E-state index in [1.807, 2.05) is 54.3 Å². The van der Waals surface area contributed by atoms with Crippen LogP contribution in [0.15, 0.2) is 54.6 Å². The van der Waals surface area contributed by atoms with Gasteiger partial charge in [-0.05, 0) is 49.7 Å². The molecule has 0 aliphatic carbocycles. The Hall–Kier alpha value is -2.37. The molecule has 0 radical (unpaired) electrons. The highest BCUT2D eigenvalue weighted by Crippen LogP contribution is 2.25. The Bertz CT molecular complexity index is 795. The minimum Gasteiger partial charge on any atom is -0.457 e. The lowest BCUT2D eigenvalue weighted by Gasteiger charge is -2.33. The van der Waals surface area contributed by atoms with Crippen LogP contribution in [-0.4, -0.2) is 54.6 Å². The number of carbonyl (C=O) groups excluding carboxylic acids is 1. The van der Waals surface area contributed by atoms with Crippen molar-refractivity contribution in [3.8, 4) is 11.5 Å². The van der Waals surface area contributed by atoms with Gasteiger partial charge < -0.3 is 14.4 Å². The molecular weight excluding hydrogens is 352 g/mol. The summed E-state index contributed by atoms with van der Waals surface area (Å²) in [6, 6.07) is 18.0. The van der Waals surface area contributed by atoms with Crippen LogP contribution in [0, 0.1) is 5.92 Å². The number of hydrogen-bond acceptors (Lipinski definition) is 4. The summed E-state index contributed by atoms with van der Waals surface area (Å²) in [6.45, 7) is 6.75. The number of rotatable bonds is 5. The van der Waals surface area contributed by atoms with Crippen molar-refractivity contribution < 1.29 is 14.3 Å². The second-order valence-corrected chi connectivity index (χ2v) is 7.75. The maximum absolute atomic E-state index is 12.8. The molecule has 2 unspecified atom stereocenters. The van der Waals surface area contributed by atoms with Crippen LogP contribution in [0.5, 0.6) is 11.5 Å². The lowest BCUT2D eigenvalue weighted by Crippen LogP contribution is -2.47. The van der Waals surface area contributed by atoms with Gasteiger partial charge in [-0.2, -0.15) is 0 Å². The average molecular weight is 380 g/mol. The number of carbonyl (C=O) groups is 1. The van der Waals surface area contributed by atoms with E-state index < -0.39 is 0 Å². The van der Waals surface area contributed by atoms with Gasteiger partial charge in [0.25, 0.3) is 0 Å². The van der Waals surface area contributed by atoms with E-state index in [-0.39, 0.29) is 12.0 Å². The number of amides is 1. The molecule has 5 heteroatoms. The Kier molecular flexibility index (Phi) is 5.93. The van der Waals surface area contributed by atoms with E-state index in [0.717, 1.165) is 44.1 Å². The van der Waals surface area contributed by atoms with Crippen molar-refractivity contribution in [3.63, 3.8) is 0 Å². The molecule has 1 amide bonds. The van der Waals surface area contributed by atoms with Gasteiger partial charge in [0, 0.05) is 26.2 Å². The van der Waals surface area contributed by atoms with Gasteiger partial charge in [0.15, 0.2) is 0 Å². The highest BCUT2D eigenvalue weighted by molar-refractivity contribution is 5.79. The number of hydrogen-bond donors (Lipinski definition) is 0. The Morgan fingerprint density at radius 2 is 1.89 bits per heavy atom. The van der Waals surface area contributed by atoms with E-state index in [1.54, 1.807) is 0 Å². The summed E-state index contributed by atoms with van der Waals surface area (Å²) in [4.78, 5) is 17.2. The van der Waals surface area contributed by atoms with Gasteiger partial charge in [0.2, 0.25) is 5.91 Å². The number of morpholine rings is 1. The van der Waals surface area contributed by atoms with Crippen LogP contribution in [0.3, 0.4) is 0 Å². The summed E-state index contributed by atoms with van der Waals surface area (Å²) in [5.74, 6) is 2.08. The molecule has 2 fully saturated rings. The monoisotopic (exact) mass is 380 g/mol. The van der Waals surface area contributed by atoms with Crippen LogP contribution < -0.4 is 4.74 Å². The molecule has 0 spiro atoms. The molecule has 148 valence electrons. The fourth-order valence-corrected chi connectivity index (χ4v) is 4.04. The Morgan fingerprint density at radius 1 is 1.07 bits per heavy atom. The molecule has 2 aliphatic rings. The maximum atomic E-state index is 12.8. The molecule has 2 saturated heterocycles. The van der Waals surface area contributed by atoms with Crippen LogP contribution in [0.4, 0.5) is 0 Å². The highest BCUT2D eigenvalue weighted by atomic mass is 16.5. The summed E-state index contributed by atoms with van der Waals surface area (Å²) in [5.41, 5.74) is 1.21. The van der Waals surface area contributed by atoms with Gasteiger partial charge in [-0.1, -0.05) is 30.3 Å². The third-order valence-corrected chi connectivity index (χ3v) is 5.46. The number of likely N-dealkylation sites (tertiary alicyclic amines) is 1. The fourth-order valence-electron chi connectivity index (χ4n) is 4.04. The van der Waals surface area contributed by atoms with E-state index in [0.29, 0.717) is 19.1 Å². The Balaban J connectivity index is 1.33. The fraction of sp³-hybridized carbons (Fsp3) is 0.435. The van der Waals surface area contributed by atoms with Gasteiger partial charge in [0.1, 0.15) is 11.5 Å². The largest absolute Gasteiger partial charge is 0.457 e. The van der Waals surface area contributed by atoms with Gasteiger partial charge >= 0.3 is 0 Å². The molecule has 2 heterocycles. The predicted molar refractivity (Wildman–Crippen MR) is 108 cm³/mol. The topological polar surface area (TPSA) is 42.0 Å². The van der Waals surface area contributed by atoms with Crippen molar-refractivity contribution in [2.45, 2.75) is 26.0 Å². The number of nitrogens with zero attached hydrogens (tertiary/aromatic N) is 2.